The SMILES string of the molecule is C=C1C=CC(c2ccc(C(F)(F)F)cc2Cc2ccc(C(F)(F)F)nc2)=CN1. The fourth-order valence-electron chi connectivity index (χ4n) is 2.74. The molecule has 0 aliphatic carbocycles. The maximum Gasteiger partial charge on any atom is 0.433 e. The van der Waals surface area contributed by atoms with E-state index in [4.69, 9.17) is 0 Å². The van der Waals surface area contributed by atoms with Gasteiger partial charge in [0.25, 0.3) is 0 Å². The standard InChI is InChI=1S/C20H14F6N2/c1-12-2-4-14(11-27-12)17-6-5-16(19(21,22)23)9-15(17)8-13-3-7-18(28-10-13)20(24,25)26/h2-7,9-11,27H,1,8H2. The van der Waals surface area contributed by atoms with Crippen LogP contribution in [0.15, 0.2) is 67.2 Å². The quantitative estimate of drug-likeness (QED) is 0.671. The number of alkyl halides is 6. The lowest BCUT2D eigenvalue weighted by Crippen LogP contribution is -2.10. The Hall–Kier alpha value is -3.03. The van der Waals surface area contributed by atoms with Crippen LogP contribution in [0.5, 0.6) is 0 Å². The van der Waals surface area contributed by atoms with Gasteiger partial charge in [-0.15, -0.1) is 0 Å². The number of nitrogens with one attached hydrogen (secondary N) is 1. The van der Waals surface area contributed by atoms with Crippen molar-refractivity contribution in [2.24, 2.45) is 0 Å². The van der Waals surface area contributed by atoms with Crippen LogP contribution in [0.1, 0.15) is 27.9 Å². The highest BCUT2D eigenvalue weighted by Gasteiger charge is 2.33. The second-order valence-electron chi connectivity index (χ2n) is 6.20. The number of rotatable bonds is 3. The minimum Gasteiger partial charge on any atom is -0.362 e. The number of hydrogen-bond donors (Lipinski definition) is 1. The molecule has 1 N–H and O–H groups in total. The second kappa shape index (κ2) is 7.18. The van der Waals surface area contributed by atoms with E-state index in [0.717, 1.165) is 24.4 Å². The van der Waals surface area contributed by atoms with Crippen LogP contribution in [0, 0.1) is 0 Å². The first kappa shape index (κ1) is 19.7. The van der Waals surface area contributed by atoms with Crippen molar-refractivity contribution in [3.8, 4) is 0 Å². The zero-order chi connectivity index (χ0) is 20.5. The van der Waals surface area contributed by atoms with Gasteiger partial charge in [0, 0.05) is 18.1 Å². The average Bonchev–Trinajstić information content (AvgIpc) is 2.61. The highest BCUT2D eigenvalue weighted by molar-refractivity contribution is 5.78. The molecule has 1 aromatic carbocycles. The monoisotopic (exact) mass is 396 g/mol. The molecule has 0 saturated carbocycles. The van der Waals surface area contributed by atoms with E-state index in [-0.39, 0.29) is 6.42 Å². The number of dihydropyridines is 1. The predicted octanol–water partition coefficient (Wildman–Crippen LogP) is 5.72. The molecule has 28 heavy (non-hydrogen) atoms. The van der Waals surface area contributed by atoms with Crippen LogP contribution in [0.25, 0.3) is 5.57 Å². The van der Waals surface area contributed by atoms with Gasteiger partial charge >= 0.3 is 12.4 Å². The summed E-state index contributed by atoms with van der Waals surface area (Å²) >= 11 is 0. The topological polar surface area (TPSA) is 24.9 Å². The molecular formula is C20H14F6N2. The van der Waals surface area contributed by atoms with E-state index in [9.17, 15) is 26.3 Å². The molecule has 0 amide bonds. The van der Waals surface area contributed by atoms with Gasteiger partial charge in [-0.3, -0.25) is 4.98 Å². The summed E-state index contributed by atoms with van der Waals surface area (Å²) in [6.07, 6.45) is -3.10. The molecule has 3 rings (SSSR count). The molecule has 2 aromatic rings. The summed E-state index contributed by atoms with van der Waals surface area (Å²) in [4.78, 5) is 3.37. The van der Waals surface area contributed by atoms with Crippen molar-refractivity contribution in [2.75, 3.05) is 0 Å². The average molecular weight is 396 g/mol. The number of allylic oxidation sites excluding steroid dienone is 3. The minimum atomic E-state index is -4.58. The minimum absolute atomic E-state index is 0.00346. The van der Waals surface area contributed by atoms with E-state index >= 15 is 0 Å². The summed E-state index contributed by atoms with van der Waals surface area (Å²) in [6, 6.07) is 5.35. The zero-order valence-corrected chi connectivity index (χ0v) is 14.3. The van der Waals surface area contributed by atoms with Crippen molar-refractivity contribution in [2.45, 2.75) is 18.8 Å². The van der Waals surface area contributed by atoms with Crippen LogP contribution in [0.4, 0.5) is 26.3 Å². The smallest absolute Gasteiger partial charge is 0.362 e. The van der Waals surface area contributed by atoms with E-state index < -0.39 is 23.6 Å². The highest BCUT2D eigenvalue weighted by atomic mass is 19.4. The van der Waals surface area contributed by atoms with E-state index in [1.165, 1.54) is 12.1 Å². The Morgan fingerprint density at radius 2 is 1.68 bits per heavy atom. The number of pyridine rings is 1. The summed E-state index contributed by atoms with van der Waals surface area (Å²) in [6.45, 7) is 3.72. The summed E-state index contributed by atoms with van der Waals surface area (Å²) in [5, 5.41) is 2.89. The number of hydrogen-bond acceptors (Lipinski definition) is 2. The van der Waals surface area contributed by atoms with Crippen molar-refractivity contribution < 1.29 is 26.3 Å². The Kier molecular flexibility index (Phi) is 5.06. The Morgan fingerprint density at radius 3 is 2.21 bits per heavy atom. The Bertz CT molecular complexity index is 950. The number of halogens is 6. The molecule has 0 fully saturated rings. The van der Waals surface area contributed by atoms with Gasteiger partial charge in [-0.05, 0) is 53.0 Å². The molecule has 2 nitrogen and oxygen atoms in total. The fraction of sp³-hybridized carbons (Fsp3) is 0.150. The molecule has 1 aromatic heterocycles. The molecule has 1 aliphatic rings. The van der Waals surface area contributed by atoms with Gasteiger partial charge in [0.2, 0.25) is 0 Å². The van der Waals surface area contributed by atoms with Crippen molar-refractivity contribution >= 4 is 5.57 Å². The maximum atomic E-state index is 13.1. The van der Waals surface area contributed by atoms with Crippen LogP contribution in [-0.2, 0) is 18.8 Å². The van der Waals surface area contributed by atoms with E-state index in [2.05, 4.69) is 16.9 Å². The lowest BCUT2D eigenvalue weighted by atomic mass is 9.92. The lowest BCUT2D eigenvalue weighted by molar-refractivity contribution is -0.141. The maximum absolute atomic E-state index is 13.1. The van der Waals surface area contributed by atoms with E-state index in [1.807, 2.05) is 0 Å². The Labute approximate surface area is 156 Å². The van der Waals surface area contributed by atoms with Crippen LogP contribution in [-0.4, -0.2) is 4.98 Å². The summed E-state index contributed by atoms with van der Waals surface area (Å²) in [5.74, 6) is 0. The Balaban J connectivity index is 1.99. The summed E-state index contributed by atoms with van der Waals surface area (Å²) < 4.78 is 77.3. The van der Waals surface area contributed by atoms with Crippen molar-refractivity contribution in [1.82, 2.24) is 10.3 Å². The van der Waals surface area contributed by atoms with Gasteiger partial charge in [-0.1, -0.05) is 24.8 Å². The van der Waals surface area contributed by atoms with Crippen LogP contribution in [0.2, 0.25) is 0 Å². The first-order chi connectivity index (χ1) is 13.0. The van der Waals surface area contributed by atoms with Gasteiger partial charge in [0.05, 0.1) is 5.56 Å². The van der Waals surface area contributed by atoms with Gasteiger partial charge in [-0.25, -0.2) is 0 Å². The van der Waals surface area contributed by atoms with Crippen molar-refractivity contribution in [3.05, 3.63) is 95.1 Å². The van der Waals surface area contributed by atoms with Gasteiger partial charge in [-0.2, -0.15) is 26.3 Å². The third-order valence-electron chi connectivity index (χ3n) is 4.13. The molecule has 0 radical (unpaired) electrons. The Morgan fingerprint density at radius 1 is 0.929 bits per heavy atom. The summed E-state index contributed by atoms with van der Waals surface area (Å²) in [5.41, 5.74) is 0.599. The number of benzene rings is 1. The van der Waals surface area contributed by atoms with Crippen molar-refractivity contribution in [3.63, 3.8) is 0 Å². The normalized spacial score (nSPS) is 14.6. The van der Waals surface area contributed by atoms with E-state index in [1.54, 1.807) is 18.4 Å². The van der Waals surface area contributed by atoms with Gasteiger partial charge < -0.3 is 5.32 Å². The lowest BCUT2D eigenvalue weighted by Gasteiger charge is -2.17. The number of nitrogens with zero attached hydrogens (tertiary/aromatic N) is 1. The first-order valence-corrected chi connectivity index (χ1v) is 8.10. The molecule has 2 heterocycles. The second-order valence-corrected chi connectivity index (χ2v) is 6.20. The van der Waals surface area contributed by atoms with Crippen LogP contribution >= 0.6 is 0 Å². The van der Waals surface area contributed by atoms with Crippen molar-refractivity contribution in [1.29, 1.82) is 0 Å². The highest BCUT2D eigenvalue weighted by Crippen LogP contribution is 2.34. The largest absolute Gasteiger partial charge is 0.433 e. The molecule has 0 saturated heterocycles. The molecule has 0 unspecified atom stereocenters. The molecule has 0 spiro atoms. The zero-order valence-electron chi connectivity index (χ0n) is 14.3. The molecule has 1 aliphatic heterocycles. The van der Waals surface area contributed by atoms with Crippen LogP contribution < -0.4 is 5.32 Å². The molecule has 0 atom stereocenters. The summed E-state index contributed by atoms with van der Waals surface area (Å²) in [7, 11) is 0. The third-order valence-corrected chi connectivity index (χ3v) is 4.13. The van der Waals surface area contributed by atoms with Crippen LogP contribution in [0.3, 0.4) is 0 Å². The van der Waals surface area contributed by atoms with Gasteiger partial charge in [0.1, 0.15) is 5.69 Å². The predicted molar refractivity (Wildman–Crippen MR) is 92.9 cm³/mol. The number of aromatic nitrogens is 1. The fourth-order valence-corrected chi connectivity index (χ4v) is 2.74. The molecule has 146 valence electrons. The molecule has 8 heteroatoms. The third kappa shape index (κ3) is 4.44. The molecule has 0 bridgehead atoms. The van der Waals surface area contributed by atoms with Gasteiger partial charge in [0.15, 0.2) is 0 Å². The first-order valence-electron chi connectivity index (χ1n) is 8.10. The van der Waals surface area contributed by atoms with E-state index in [0.29, 0.717) is 28.0 Å². The molecular weight excluding hydrogens is 382 g/mol.